The fourth-order valence-corrected chi connectivity index (χ4v) is 3.59. The molecular formula is C22H24N2O. The fraction of sp³-hybridized carbons (Fsp3) is 0.273. The maximum Gasteiger partial charge on any atom is 0.104 e. The Balaban J connectivity index is 1.73. The molecule has 1 unspecified atom stereocenters. The Labute approximate surface area is 149 Å². The smallest absolute Gasteiger partial charge is 0.104 e. The second kappa shape index (κ2) is 6.87. The molecule has 1 fully saturated rings. The zero-order chi connectivity index (χ0) is 17.2. The van der Waals surface area contributed by atoms with Gasteiger partial charge in [0.05, 0.1) is 0 Å². The molecule has 3 aromatic carbocycles. The van der Waals surface area contributed by atoms with Crippen molar-refractivity contribution in [1.82, 2.24) is 4.90 Å². The van der Waals surface area contributed by atoms with Crippen LogP contribution in [-0.4, -0.2) is 43.2 Å². The van der Waals surface area contributed by atoms with E-state index < -0.39 is 6.10 Å². The van der Waals surface area contributed by atoms with Crippen molar-refractivity contribution in [1.29, 1.82) is 0 Å². The van der Waals surface area contributed by atoms with Crippen LogP contribution >= 0.6 is 0 Å². The van der Waals surface area contributed by atoms with E-state index in [1.165, 1.54) is 16.5 Å². The van der Waals surface area contributed by atoms with Crippen LogP contribution < -0.4 is 4.90 Å². The van der Waals surface area contributed by atoms with Gasteiger partial charge in [-0.3, -0.25) is 0 Å². The molecule has 0 aromatic heterocycles. The zero-order valence-electron chi connectivity index (χ0n) is 14.6. The molecule has 0 radical (unpaired) electrons. The predicted octanol–water partition coefficient (Wildman–Crippen LogP) is 3.67. The average molecular weight is 332 g/mol. The van der Waals surface area contributed by atoms with E-state index in [1.54, 1.807) is 0 Å². The van der Waals surface area contributed by atoms with Crippen LogP contribution in [0, 0.1) is 0 Å². The van der Waals surface area contributed by atoms with Gasteiger partial charge in [0, 0.05) is 37.3 Å². The van der Waals surface area contributed by atoms with Crippen LogP contribution in [0.2, 0.25) is 0 Å². The van der Waals surface area contributed by atoms with E-state index in [0.717, 1.165) is 37.3 Å². The van der Waals surface area contributed by atoms with Gasteiger partial charge in [0.2, 0.25) is 0 Å². The van der Waals surface area contributed by atoms with E-state index >= 15 is 0 Å². The highest BCUT2D eigenvalue weighted by Crippen LogP contribution is 2.31. The van der Waals surface area contributed by atoms with Crippen LogP contribution in [0.4, 0.5) is 5.69 Å². The van der Waals surface area contributed by atoms with Gasteiger partial charge in [-0.15, -0.1) is 0 Å². The lowest BCUT2D eigenvalue weighted by Gasteiger charge is -2.34. The summed E-state index contributed by atoms with van der Waals surface area (Å²) in [5, 5.41) is 13.2. The number of aliphatic hydroxyl groups excluding tert-OH is 1. The topological polar surface area (TPSA) is 26.7 Å². The fourth-order valence-electron chi connectivity index (χ4n) is 3.59. The summed E-state index contributed by atoms with van der Waals surface area (Å²) in [6.07, 6.45) is -0.592. The number of anilines is 1. The van der Waals surface area contributed by atoms with Crippen molar-refractivity contribution in [3.8, 4) is 0 Å². The quantitative estimate of drug-likeness (QED) is 0.793. The number of benzene rings is 3. The van der Waals surface area contributed by atoms with E-state index in [2.05, 4.69) is 47.2 Å². The molecule has 0 aliphatic carbocycles. The molecule has 0 spiro atoms. The first-order chi connectivity index (χ1) is 12.2. The van der Waals surface area contributed by atoms with Crippen LogP contribution in [0.5, 0.6) is 0 Å². The Morgan fingerprint density at radius 1 is 0.800 bits per heavy atom. The third-order valence-electron chi connectivity index (χ3n) is 5.16. The van der Waals surface area contributed by atoms with Crippen LogP contribution in [0.1, 0.15) is 17.2 Å². The summed E-state index contributed by atoms with van der Waals surface area (Å²) in [7, 11) is 2.18. The van der Waals surface area contributed by atoms with E-state index in [1.807, 2.05) is 36.4 Å². The Kier molecular flexibility index (Phi) is 4.43. The number of rotatable bonds is 3. The second-order valence-electron chi connectivity index (χ2n) is 6.86. The van der Waals surface area contributed by atoms with E-state index in [9.17, 15) is 5.11 Å². The molecule has 3 aromatic rings. The first-order valence-electron chi connectivity index (χ1n) is 8.91. The van der Waals surface area contributed by atoms with Gasteiger partial charge < -0.3 is 14.9 Å². The number of likely N-dealkylation sites (N-methyl/N-ethyl adjacent to an activating group) is 1. The van der Waals surface area contributed by atoms with Gasteiger partial charge in [0.25, 0.3) is 0 Å². The van der Waals surface area contributed by atoms with Gasteiger partial charge in [-0.05, 0) is 35.7 Å². The standard InChI is InChI=1S/C22H24N2O/c1-23-12-14-24(15-13-23)21-9-5-8-17-10-11-19(16-20(17)21)22(25)18-6-3-2-4-7-18/h2-11,16,22,25H,12-15H2,1H3. The number of hydrogen-bond donors (Lipinski definition) is 1. The SMILES string of the molecule is CN1CCN(c2cccc3ccc(C(O)c4ccccc4)cc23)CC1. The molecule has 1 aliphatic heterocycles. The second-order valence-corrected chi connectivity index (χ2v) is 6.86. The summed E-state index contributed by atoms with van der Waals surface area (Å²) in [6, 6.07) is 22.6. The number of piperazine rings is 1. The molecule has 3 nitrogen and oxygen atoms in total. The van der Waals surface area contributed by atoms with Crippen molar-refractivity contribution in [3.63, 3.8) is 0 Å². The number of fused-ring (bicyclic) bond motifs is 1. The summed E-state index contributed by atoms with van der Waals surface area (Å²) < 4.78 is 0. The first-order valence-corrected chi connectivity index (χ1v) is 8.91. The predicted molar refractivity (Wildman–Crippen MR) is 104 cm³/mol. The van der Waals surface area contributed by atoms with Crippen molar-refractivity contribution in [2.45, 2.75) is 6.10 Å². The van der Waals surface area contributed by atoms with Crippen LogP contribution in [0.25, 0.3) is 10.8 Å². The molecule has 4 rings (SSSR count). The van der Waals surface area contributed by atoms with E-state index in [-0.39, 0.29) is 0 Å². The van der Waals surface area contributed by atoms with Crippen molar-refractivity contribution < 1.29 is 5.11 Å². The van der Waals surface area contributed by atoms with Gasteiger partial charge in [-0.2, -0.15) is 0 Å². The lowest BCUT2D eigenvalue weighted by atomic mass is 9.97. The number of hydrogen-bond acceptors (Lipinski definition) is 3. The minimum Gasteiger partial charge on any atom is -0.384 e. The van der Waals surface area contributed by atoms with Gasteiger partial charge in [0.1, 0.15) is 6.10 Å². The van der Waals surface area contributed by atoms with Gasteiger partial charge in [0.15, 0.2) is 0 Å². The Hall–Kier alpha value is -2.36. The molecule has 0 saturated carbocycles. The van der Waals surface area contributed by atoms with Gasteiger partial charge >= 0.3 is 0 Å². The summed E-state index contributed by atoms with van der Waals surface area (Å²) in [6.45, 7) is 4.26. The lowest BCUT2D eigenvalue weighted by Crippen LogP contribution is -2.44. The van der Waals surface area contributed by atoms with Crippen LogP contribution in [-0.2, 0) is 0 Å². The molecule has 3 heteroatoms. The Morgan fingerprint density at radius 3 is 2.32 bits per heavy atom. The monoisotopic (exact) mass is 332 g/mol. The first kappa shape index (κ1) is 16.1. The maximum absolute atomic E-state index is 10.8. The van der Waals surface area contributed by atoms with E-state index in [0.29, 0.717) is 0 Å². The largest absolute Gasteiger partial charge is 0.384 e. The molecule has 1 saturated heterocycles. The summed E-state index contributed by atoms with van der Waals surface area (Å²) in [4.78, 5) is 4.83. The van der Waals surface area contributed by atoms with Gasteiger partial charge in [-0.25, -0.2) is 0 Å². The zero-order valence-corrected chi connectivity index (χ0v) is 14.6. The van der Waals surface area contributed by atoms with E-state index in [4.69, 9.17) is 0 Å². The highest BCUT2D eigenvalue weighted by molar-refractivity contribution is 5.95. The average Bonchev–Trinajstić information content (AvgIpc) is 2.68. The minimum atomic E-state index is -0.592. The Morgan fingerprint density at radius 2 is 1.56 bits per heavy atom. The summed E-state index contributed by atoms with van der Waals surface area (Å²) in [5.41, 5.74) is 3.15. The van der Waals surface area contributed by atoms with Crippen molar-refractivity contribution in [2.75, 3.05) is 38.1 Å². The molecule has 0 bridgehead atoms. The molecule has 1 heterocycles. The normalized spacial score (nSPS) is 17.0. The van der Waals surface area contributed by atoms with Crippen molar-refractivity contribution in [3.05, 3.63) is 77.9 Å². The molecular weight excluding hydrogens is 308 g/mol. The Bertz CT molecular complexity index is 854. The molecule has 1 aliphatic rings. The molecule has 0 amide bonds. The minimum absolute atomic E-state index is 0.592. The van der Waals surface area contributed by atoms with Crippen LogP contribution in [0.15, 0.2) is 66.7 Å². The molecule has 128 valence electrons. The van der Waals surface area contributed by atoms with Gasteiger partial charge in [-0.1, -0.05) is 54.6 Å². The molecule has 25 heavy (non-hydrogen) atoms. The van der Waals surface area contributed by atoms with Crippen molar-refractivity contribution >= 4 is 16.5 Å². The maximum atomic E-state index is 10.8. The van der Waals surface area contributed by atoms with Crippen molar-refractivity contribution in [2.24, 2.45) is 0 Å². The highest BCUT2D eigenvalue weighted by atomic mass is 16.3. The number of nitrogens with zero attached hydrogens (tertiary/aromatic N) is 2. The third-order valence-corrected chi connectivity index (χ3v) is 5.16. The van der Waals surface area contributed by atoms with Crippen LogP contribution in [0.3, 0.4) is 0 Å². The number of aliphatic hydroxyl groups is 1. The summed E-state index contributed by atoms with van der Waals surface area (Å²) in [5.74, 6) is 0. The lowest BCUT2D eigenvalue weighted by molar-refractivity contribution is 0.220. The molecule has 1 N–H and O–H groups in total. The highest BCUT2D eigenvalue weighted by Gasteiger charge is 2.17. The molecule has 1 atom stereocenters. The summed E-state index contributed by atoms with van der Waals surface area (Å²) >= 11 is 0. The third kappa shape index (κ3) is 3.26.